The summed E-state index contributed by atoms with van der Waals surface area (Å²) in [5.41, 5.74) is -0.794. The summed E-state index contributed by atoms with van der Waals surface area (Å²) in [4.78, 5) is 1.56. The Kier molecular flexibility index (Phi) is 4.20. The number of aliphatic hydroxyl groups excluding tert-OH is 1. The van der Waals surface area contributed by atoms with Crippen LogP contribution in [0.3, 0.4) is 0 Å². The monoisotopic (exact) mass is 241 g/mol. The molecule has 0 amide bonds. The van der Waals surface area contributed by atoms with Crippen LogP contribution < -0.4 is 0 Å². The first kappa shape index (κ1) is 13.7. The molecule has 0 aliphatic carbocycles. The van der Waals surface area contributed by atoms with E-state index >= 15 is 0 Å². The van der Waals surface area contributed by atoms with Crippen molar-refractivity contribution in [2.24, 2.45) is 0 Å². The summed E-state index contributed by atoms with van der Waals surface area (Å²) in [6.07, 6.45) is -5.18. The van der Waals surface area contributed by atoms with Crippen molar-refractivity contribution >= 4 is 0 Å². The largest absolute Gasteiger partial charge is 0.415 e. The first-order chi connectivity index (χ1) is 7.21. The number of aliphatic hydroxyl groups is 2. The van der Waals surface area contributed by atoms with Crippen molar-refractivity contribution in [1.82, 2.24) is 4.90 Å². The molecule has 0 radical (unpaired) electrons. The van der Waals surface area contributed by atoms with Crippen LogP contribution >= 0.6 is 0 Å². The predicted octanol–water partition coefficient (Wildman–Crippen LogP) is 1.15. The number of nitrogens with zero attached hydrogens (tertiary/aromatic N) is 1. The van der Waals surface area contributed by atoms with Crippen molar-refractivity contribution in [3.05, 3.63) is 0 Å². The summed E-state index contributed by atoms with van der Waals surface area (Å²) < 4.78 is 36.4. The van der Waals surface area contributed by atoms with Gasteiger partial charge in [0.05, 0.1) is 5.60 Å². The number of β-amino-alcohol motifs (C(OH)–C–C–N with tert-alkyl or cyclic N) is 1. The number of hydrogen-bond acceptors (Lipinski definition) is 3. The molecule has 0 saturated carbocycles. The van der Waals surface area contributed by atoms with Gasteiger partial charge < -0.3 is 15.1 Å². The fourth-order valence-electron chi connectivity index (χ4n) is 1.85. The van der Waals surface area contributed by atoms with Crippen LogP contribution in [0.15, 0.2) is 0 Å². The summed E-state index contributed by atoms with van der Waals surface area (Å²) in [5, 5.41) is 18.7. The van der Waals surface area contributed by atoms with Gasteiger partial charge in [0.25, 0.3) is 0 Å². The maximum absolute atomic E-state index is 12.1. The highest BCUT2D eigenvalue weighted by Crippen LogP contribution is 2.24. The molecule has 1 fully saturated rings. The normalized spacial score (nSPS) is 31.1. The van der Waals surface area contributed by atoms with Crippen molar-refractivity contribution < 1.29 is 23.4 Å². The number of alkyl halides is 3. The molecule has 1 saturated heterocycles. The summed E-state index contributed by atoms with van der Waals surface area (Å²) >= 11 is 0. The average Bonchev–Trinajstić information content (AvgIpc) is 2.26. The third-order valence-electron chi connectivity index (χ3n) is 2.97. The van der Waals surface area contributed by atoms with Crippen LogP contribution in [0.1, 0.15) is 26.2 Å². The van der Waals surface area contributed by atoms with Crippen LogP contribution in [0.4, 0.5) is 13.2 Å². The molecule has 3 nitrogen and oxygen atoms in total. The highest BCUT2D eigenvalue weighted by molar-refractivity contribution is 4.81. The van der Waals surface area contributed by atoms with Crippen LogP contribution in [-0.2, 0) is 0 Å². The SMILES string of the molecule is CC1(O)CCCN(CC(O)C(F)(F)F)CC1. The van der Waals surface area contributed by atoms with E-state index in [1.165, 1.54) is 0 Å². The number of rotatable bonds is 2. The Morgan fingerprint density at radius 1 is 1.31 bits per heavy atom. The fourth-order valence-corrected chi connectivity index (χ4v) is 1.85. The highest BCUT2D eigenvalue weighted by Gasteiger charge is 2.39. The van der Waals surface area contributed by atoms with Gasteiger partial charge >= 0.3 is 6.18 Å². The maximum atomic E-state index is 12.1. The third-order valence-corrected chi connectivity index (χ3v) is 2.97. The van der Waals surface area contributed by atoms with Crippen LogP contribution in [0.25, 0.3) is 0 Å². The lowest BCUT2D eigenvalue weighted by molar-refractivity contribution is -0.208. The predicted molar refractivity (Wildman–Crippen MR) is 53.0 cm³/mol. The molecule has 0 aromatic heterocycles. The van der Waals surface area contributed by atoms with Crippen LogP contribution in [-0.4, -0.2) is 52.6 Å². The first-order valence-electron chi connectivity index (χ1n) is 5.40. The topological polar surface area (TPSA) is 43.7 Å². The fraction of sp³-hybridized carbons (Fsp3) is 1.00. The van der Waals surface area contributed by atoms with Gasteiger partial charge in [0, 0.05) is 13.1 Å². The zero-order chi connectivity index (χ0) is 12.4. The number of halogens is 3. The molecule has 0 spiro atoms. The Bertz CT molecular complexity index is 231. The smallest absolute Gasteiger partial charge is 0.390 e. The zero-order valence-electron chi connectivity index (χ0n) is 9.30. The van der Waals surface area contributed by atoms with Gasteiger partial charge in [0.2, 0.25) is 0 Å². The molecule has 0 aromatic rings. The first-order valence-corrected chi connectivity index (χ1v) is 5.40. The number of hydrogen-bond donors (Lipinski definition) is 2. The molecule has 0 aromatic carbocycles. The molecule has 2 N–H and O–H groups in total. The minimum atomic E-state index is -4.56. The molecular weight excluding hydrogens is 223 g/mol. The Morgan fingerprint density at radius 2 is 1.94 bits per heavy atom. The van der Waals surface area contributed by atoms with E-state index < -0.39 is 24.4 Å². The minimum Gasteiger partial charge on any atom is -0.390 e. The summed E-state index contributed by atoms with van der Waals surface area (Å²) in [5.74, 6) is 0. The van der Waals surface area contributed by atoms with E-state index in [0.717, 1.165) is 0 Å². The molecule has 2 unspecified atom stereocenters. The van der Waals surface area contributed by atoms with Gasteiger partial charge in [-0.2, -0.15) is 13.2 Å². The second-order valence-electron chi connectivity index (χ2n) is 4.71. The molecule has 1 aliphatic rings. The average molecular weight is 241 g/mol. The second kappa shape index (κ2) is 4.89. The molecular formula is C10H18F3NO2. The Hall–Kier alpha value is -0.330. The van der Waals surface area contributed by atoms with Gasteiger partial charge in [0.15, 0.2) is 6.10 Å². The Balaban J connectivity index is 2.44. The van der Waals surface area contributed by atoms with Crippen molar-refractivity contribution in [1.29, 1.82) is 0 Å². The van der Waals surface area contributed by atoms with Crippen molar-refractivity contribution in [3.8, 4) is 0 Å². The number of likely N-dealkylation sites (tertiary alicyclic amines) is 1. The van der Waals surface area contributed by atoms with Gasteiger partial charge in [0.1, 0.15) is 0 Å². The lowest BCUT2D eigenvalue weighted by atomic mass is 9.98. The van der Waals surface area contributed by atoms with Crippen molar-refractivity contribution in [2.75, 3.05) is 19.6 Å². The highest BCUT2D eigenvalue weighted by atomic mass is 19.4. The van der Waals surface area contributed by atoms with E-state index in [9.17, 15) is 18.3 Å². The molecule has 96 valence electrons. The van der Waals surface area contributed by atoms with Crippen LogP contribution in [0.5, 0.6) is 0 Å². The van der Waals surface area contributed by atoms with E-state index in [0.29, 0.717) is 32.4 Å². The quantitative estimate of drug-likeness (QED) is 0.762. The lowest BCUT2D eigenvalue weighted by Gasteiger charge is -2.25. The zero-order valence-corrected chi connectivity index (χ0v) is 9.30. The lowest BCUT2D eigenvalue weighted by Crippen LogP contribution is -2.41. The molecule has 1 aliphatic heterocycles. The van der Waals surface area contributed by atoms with E-state index in [1.54, 1.807) is 11.8 Å². The van der Waals surface area contributed by atoms with Gasteiger partial charge in [-0.05, 0) is 32.7 Å². The van der Waals surface area contributed by atoms with Crippen molar-refractivity contribution in [3.63, 3.8) is 0 Å². The molecule has 16 heavy (non-hydrogen) atoms. The second-order valence-corrected chi connectivity index (χ2v) is 4.71. The minimum absolute atomic E-state index is 0.389. The van der Waals surface area contributed by atoms with Gasteiger partial charge in [-0.3, -0.25) is 0 Å². The van der Waals surface area contributed by atoms with E-state index in [4.69, 9.17) is 5.11 Å². The van der Waals surface area contributed by atoms with Crippen LogP contribution in [0.2, 0.25) is 0 Å². The van der Waals surface area contributed by atoms with E-state index in [2.05, 4.69) is 0 Å². The molecule has 1 rings (SSSR count). The molecule has 6 heteroatoms. The molecule has 1 heterocycles. The summed E-state index contributed by atoms with van der Waals surface area (Å²) in [7, 11) is 0. The van der Waals surface area contributed by atoms with Crippen molar-refractivity contribution in [2.45, 2.75) is 44.1 Å². The van der Waals surface area contributed by atoms with Gasteiger partial charge in [-0.25, -0.2) is 0 Å². The maximum Gasteiger partial charge on any atom is 0.415 e. The van der Waals surface area contributed by atoms with Gasteiger partial charge in [-0.15, -0.1) is 0 Å². The van der Waals surface area contributed by atoms with Gasteiger partial charge in [-0.1, -0.05) is 0 Å². The van der Waals surface area contributed by atoms with Crippen LogP contribution in [0, 0.1) is 0 Å². The molecule has 2 atom stereocenters. The Labute approximate surface area is 92.9 Å². The standard InChI is InChI=1S/C10H18F3NO2/c1-9(16)3-2-5-14(6-4-9)7-8(15)10(11,12)13/h8,15-16H,2-7H2,1H3. The van der Waals surface area contributed by atoms with E-state index in [-0.39, 0.29) is 0 Å². The summed E-state index contributed by atoms with van der Waals surface area (Å²) in [6, 6.07) is 0. The molecule has 0 bridgehead atoms. The third kappa shape index (κ3) is 4.27. The van der Waals surface area contributed by atoms with E-state index in [1.807, 2.05) is 0 Å². The summed E-state index contributed by atoms with van der Waals surface area (Å²) in [6.45, 7) is 2.17. The Morgan fingerprint density at radius 3 is 2.50 bits per heavy atom.